The van der Waals surface area contributed by atoms with Gasteiger partial charge in [0.05, 0.1) is 11.3 Å². The molecule has 0 aliphatic carbocycles. The summed E-state index contributed by atoms with van der Waals surface area (Å²) in [7, 11) is 0. The highest BCUT2D eigenvalue weighted by Gasteiger charge is 2.13. The Labute approximate surface area is 118 Å². The van der Waals surface area contributed by atoms with Crippen molar-refractivity contribution >= 4 is 27.5 Å². The lowest BCUT2D eigenvalue weighted by Gasteiger charge is -2.09. The Morgan fingerprint density at radius 1 is 1.26 bits per heavy atom. The molecule has 2 aromatic carbocycles. The van der Waals surface area contributed by atoms with E-state index in [1.54, 1.807) is 12.1 Å². The smallest absolute Gasteiger partial charge is 0.258 e. The topological polar surface area (TPSA) is 49.3 Å². The molecular formula is C14H11BrFNO2. The van der Waals surface area contributed by atoms with E-state index in [0.29, 0.717) is 10.2 Å². The fourth-order valence-corrected chi connectivity index (χ4v) is 1.96. The van der Waals surface area contributed by atoms with E-state index in [-0.39, 0.29) is 11.3 Å². The average Bonchev–Trinajstić information content (AvgIpc) is 2.33. The van der Waals surface area contributed by atoms with E-state index in [2.05, 4.69) is 21.2 Å². The maximum Gasteiger partial charge on any atom is 0.258 e. The summed E-state index contributed by atoms with van der Waals surface area (Å²) in [4.78, 5) is 12.0. The summed E-state index contributed by atoms with van der Waals surface area (Å²) in [6.45, 7) is 1.89. The molecule has 0 saturated carbocycles. The van der Waals surface area contributed by atoms with Crippen LogP contribution in [0.4, 0.5) is 10.1 Å². The number of aromatic hydroxyl groups is 1. The highest BCUT2D eigenvalue weighted by molar-refractivity contribution is 9.10. The Morgan fingerprint density at radius 2 is 2.00 bits per heavy atom. The predicted molar refractivity (Wildman–Crippen MR) is 74.9 cm³/mol. The van der Waals surface area contributed by atoms with Gasteiger partial charge in [0.2, 0.25) is 0 Å². The standard InChI is InChI=1S/C14H11BrFNO2/c1-8-2-5-11(15)13(6-8)17-14(19)10-4-3-9(18)7-12(10)16/h2-7,18H,1H3,(H,17,19). The summed E-state index contributed by atoms with van der Waals surface area (Å²) in [6.07, 6.45) is 0. The summed E-state index contributed by atoms with van der Waals surface area (Å²) >= 11 is 3.31. The van der Waals surface area contributed by atoms with Crippen LogP contribution in [0.25, 0.3) is 0 Å². The van der Waals surface area contributed by atoms with Crippen molar-refractivity contribution in [2.45, 2.75) is 6.92 Å². The molecular weight excluding hydrogens is 313 g/mol. The molecule has 0 fully saturated rings. The molecule has 3 nitrogen and oxygen atoms in total. The summed E-state index contributed by atoms with van der Waals surface area (Å²) in [5, 5.41) is 11.7. The second-order valence-corrected chi connectivity index (χ2v) is 4.96. The molecule has 98 valence electrons. The molecule has 2 rings (SSSR count). The highest BCUT2D eigenvalue weighted by Crippen LogP contribution is 2.24. The van der Waals surface area contributed by atoms with Gasteiger partial charge in [-0.05, 0) is 52.7 Å². The van der Waals surface area contributed by atoms with Crippen molar-refractivity contribution < 1.29 is 14.3 Å². The number of phenols is 1. The van der Waals surface area contributed by atoms with Crippen molar-refractivity contribution in [3.05, 3.63) is 57.8 Å². The van der Waals surface area contributed by atoms with Crippen LogP contribution in [-0.4, -0.2) is 11.0 Å². The van der Waals surface area contributed by atoms with E-state index in [4.69, 9.17) is 5.11 Å². The van der Waals surface area contributed by atoms with Crippen LogP contribution < -0.4 is 5.32 Å². The first-order valence-electron chi connectivity index (χ1n) is 5.53. The molecule has 0 saturated heterocycles. The quantitative estimate of drug-likeness (QED) is 0.881. The van der Waals surface area contributed by atoms with E-state index in [9.17, 15) is 9.18 Å². The number of hydrogen-bond acceptors (Lipinski definition) is 2. The third-order valence-corrected chi connectivity index (χ3v) is 3.26. The molecule has 5 heteroatoms. The van der Waals surface area contributed by atoms with Gasteiger partial charge in [-0.3, -0.25) is 4.79 Å². The molecule has 2 N–H and O–H groups in total. The summed E-state index contributed by atoms with van der Waals surface area (Å²) in [5.41, 5.74) is 1.42. The van der Waals surface area contributed by atoms with Crippen LogP contribution in [-0.2, 0) is 0 Å². The van der Waals surface area contributed by atoms with Crippen LogP contribution in [0.1, 0.15) is 15.9 Å². The molecule has 0 radical (unpaired) electrons. The molecule has 0 aliphatic rings. The number of halogens is 2. The Bertz CT molecular complexity index is 643. The Hall–Kier alpha value is -1.88. The number of rotatable bonds is 2. The fourth-order valence-electron chi connectivity index (χ4n) is 1.61. The van der Waals surface area contributed by atoms with Gasteiger partial charge in [-0.15, -0.1) is 0 Å². The Balaban J connectivity index is 2.28. The maximum absolute atomic E-state index is 13.6. The summed E-state index contributed by atoms with van der Waals surface area (Å²) in [5.74, 6) is -1.55. The van der Waals surface area contributed by atoms with Gasteiger partial charge >= 0.3 is 0 Å². The van der Waals surface area contributed by atoms with Gasteiger partial charge in [0, 0.05) is 10.5 Å². The van der Waals surface area contributed by atoms with Gasteiger partial charge in [-0.2, -0.15) is 0 Å². The van der Waals surface area contributed by atoms with Crippen LogP contribution in [0.15, 0.2) is 40.9 Å². The molecule has 0 aliphatic heterocycles. The van der Waals surface area contributed by atoms with E-state index < -0.39 is 11.7 Å². The normalized spacial score (nSPS) is 10.3. The van der Waals surface area contributed by atoms with Crippen molar-refractivity contribution in [3.8, 4) is 5.75 Å². The number of hydrogen-bond donors (Lipinski definition) is 2. The van der Waals surface area contributed by atoms with Gasteiger partial charge in [0.15, 0.2) is 0 Å². The molecule has 0 heterocycles. The Morgan fingerprint density at radius 3 is 2.68 bits per heavy atom. The maximum atomic E-state index is 13.6. The largest absolute Gasteiger partial charge is 0.508 e. The molecule has 0 bridgehead atoms. The highest BCUT2D eigenvalue weighted by atomic mass is 79.9. The van der Waals surface area contributed by atoms with Gasteiger partial charge in [-0.1, -0.05) is 6.07 Å². The first kappa shape index (κ1) is 13.5. The molecule has 19 heavy (non-hydrogen) atoms. The number of benzene rings is 2. The van der Waals surface area contributed by atoms with Gasteiger partial charge < -0.3 is 10.4 Å². The summed E-state index contributed by atoms with van der Waals surface area (Å²) < 4.78 is 14.3. The Kier molecular flexibility index (Phi) is 3.85. The number of amides is 1. The SMILES string of the molecule is Cc1ccc(Br)c(NC(=O)c2ccc(O)cc2F)c1. The zero-order valence-corrected chi connectivity index (χ0v) is 11.7. The first-order valence-corrected chi connectivity index (χ1v) is 6.32. The minimum absolute atomic E-state index is 0.119. The van der Waals surface area contributed by atoms with Crippen LogP contribution in [0.2, 0.25) is 0 Å². The second kappa shape index (κ2) is 5.40. The lowest BCUT2D eigenvalue weighted by Crippen LogP contribution is -2.14. The molecule has 0 spiro atoms. The van der Waals surface area contributed by atoms with Gasteiger partial charge in [0.1, 0.15) is 11.6 Å². The van der Waals surface area contributed by atoms with Crippen LogP contribution in [0.3, 0.4) is 0 Å². The monoisotopic (exact) mass is 323 g/mol. The van der Waals surface area contributed by atoms with Crippen molar-refractivity contribution in [2.24, 2.45) is 0 Å². The van der Waals surface area contributed by atoms with Crippen LogP contribution >= 0.6 is 15.9 Å². The predicted octanol–water partition coefficient (Wildman–Crippen LogP) is 3.85. The van der Waals surface area contributed by atoms with Crippen molar-refractivity contribution in [2.75, 3.05) is 5.32 Å². The zero-order chi connectivity index (χ0) is 14.0. The van der Waals surface area contributed by atoms with Gasteiger partial charge in [0.25, 0.3) is 5.91 Å². The molecule has 0 aromatic heterocycles. The van der Waals surface area contributed by atoms with E-state index >= 15 is 0 Å². The zero-order valence-electron chi connectivity index (χ0n) is 10.1. The molecule has 0 atom stereocenters. The van der Waals surface area contributed by atoms with Crippen molar-refractivity contribution in [1.82, 2.24) is 0 Å². The molecule has 0 unspecified atom stereocenters. The van der Waals surface area contributed by atoms with E-state index in [1.807, 2.05) is 13.0 Å². The summed E-state index contributed by atoms with van der Waals surface area (Å²) in [6, 6.07) is 8.88. The molecule has 2 aromatic rings. The van der Waals surface area contributed by atoms with Gasteiger partial charge in [-0.25, -0.2) is 4.39 Å². The van der Waals surface area contributed by atoms with Crippen LogP contribution in [0, 0.1) is 12.7 Å². The van der Waals surface area contributed by atoms with E-state index in [1.165, 1.54) is 12.1 Å². The van der Waals surface area contributed by atoms with Crippen molar-refractivity contribution in [3.63, 3.8) is 0 Å². The minimum Gasteiger partial charge on any atom is -0.508 e. The third-order valence-electron chi connectivity index (χ3n) is 2.57. The number of phenolic OH excluding ortho intramolecular Hbond substituents is 1. The number of carbonyl (C=O) groups excluding carboxylic acids is 1. The lowest BCUT2D eigenvalue weighted by atomic mass is 10.1. The van der Waals surface area contributed by atoms with E-state index in [0.717, 1.165) is 11.6 Å². The second-order valence-electron chi connectivity index (χ2n) is 4.10. The lowest BCUT2D eigenvalue weighted by molar-refractivity contribution is 0.102. The third kappa shape index (κ3) is 3.12. The average molecular weight is 324 g/mol. The first-order chi connectivity index (χ1) is 8.97. The fraction of sp³-hybridized carbons (Fsp3) is 0.0714. The minimum atomic E-state index is -0.763. The number of anilines is 1. The number of carbonyl (C=O) groups is 1. The molecule has 1 amide bonds. The van der Waals surface area contributed by atoms with Crippen molar-refractivity contribution in [1.29, 1.82) is 0 Å². The number of aryl methyl sites for hydroxylation is 1. The van der Waals surface area contributed by atoms with Crippen LogP contribution in [0.5, 0.6) is 5.75 Å². The number of nitrogens with one attached hydrogen (secondary N) is 1.